The number of hydrogen-bond donors (Lipinski definition) is 1. The Bertz CT molecular complexity index is 1190. The van der Waals surface area contributed by atoms with Crippen LogP contribution in [0.15, 0.2) is 42.5 Å². The Hall–Kier alpha value is -2.63. The Kier molecular flexibility index (Phi) is 7.02. The molecule has 0 spiro atoms. The molecule has 5 rings (SSSR count). The summed E-state index contributed by atoms with van der Waals surface area (Å²) in [5.41, 5.74) is 5.72. The molecule has 0 bridgehead atoms. The lowest BCUT2D eigenvalue weighted by atomic mass is 9.94. The van der Waals surface area contributed by atoms with Crippen LogP contribution in [0.25, 0.3) is 10.9 Å². The zero-order chi connectivity index (χ0) is 23.5. The molecule has 5 nitrogen and oxygen atoms in total. The number of nitrogens with zero attached hydrogens (tertiary/aromatic N) is 2. The minimum absolute atomic E-state index is 0.411. The number of halogens is 1. The standard InChI is InChI=1S/C28H32ClN3O2/c1-19-5-4-6-21(15-19)18-32-13-11-20(12-14-32)17-30-28(33)34-22-9-10-24-26(16-22)31-25-8-3-2-7-23(25)27(24)29/h4-6,9-10,15-16,20H,2-3,7-8,11-14,17-18H2,1H3,(H,30,33). The van der Waals surface area contributed by atoms with Gasteiger partial charge in [-0.2, -0.15) is 0 Å². The van der Waals surface area contributed by atoms with E-state index in [2.05, 4.69) is 41.4 Å². The minimum atomic E-state index is -0.411. The van der Waals surface area contributed by atoms with Crippen LogP contribution in [0.4, 0.5) is 4.79 Å². The molecule has 1 amide bonds. The molecule has 2 aliphatic rings. The van der Waals surface area contributed by atoms with Gasteiger partial charge in [-0.05, 0) is 87.7 Å². The molecule has 6 heteroatoms. The highest BCUT2D eigenvalue weighted by atomic mass is 35.5. The van der Waals surface area contributed by atoms with E-state index in [0.717, 1.165) is 79.8 Å². The van der Waals surface area contributed by atoms with Crippen molar-refractivity contribution in [3.8, 4) is 5.75 Å². The van der Waals surface area contributed by atoms with Crippen LogP contribution in [-0.4, -0.2) is 35.6 Å². The summed E-state index contributed by atoms with van der Waals surface area (Å²) >= 11 is 6.65. The SMILES string of the molecule is Cc1cccc(CN2CCC(CNC(=O)Oc3ccc4c(Cl)c5c(nc4c3)CCCC5)CC2)c1. The molecule has 0 saturated carbocycles. The molecule has 2 aromatic carbocycles. The molecule has 1 aliphatic heterocycles. The number of nitrogens with one attached hydrogen (secondary N) is 1. The molecule has 178 valence electrons. The summed E-state index contributed by atoms with van der Waals surface area (Å²) in [6, 6.07) is 14.2. The number of hydrogen-bond acceptors (Lipinski definition) is 4. The number of fused-ring (bicyclic) bond motifs is 2. The minimum Gasteiger partial charge on any atom is -0.410 e. The van der Waals surface area contributed by atoms with Gasteiger partial charge in [-0.3, -0.25) is 9.88 Å². The van der Waals surface area contributed by atoms with E-state index >= 15 is 0 Å². The van der Waals surface area contributed by atoms with Gasteiger partial charge in [0.25, 0.3) is 0 Å². The van der Waals surface area contributed by atoms with E-state index in [1.807, 2.05) is 12.1 Å². The van der Waals surface area contributed by atoms with Crippen LogP contribution < -0.4 is 10.1 Å². The molecule has 1 fully saturated rings. The van der Waals surface area contributed by atoms with E-state index in [1.165, 1.54) is 16.7 Å². The number of likely N-dealkylation sites (tertiary alicyclic amines) is 1. The Morgan fingerprint density at radius 1 is 1.15 bits per heavy atom. The van der Waals surface area contributed by atoms with E-state index in [9.17, 15) is 4.79 Å². The van der Waals surface area contributed by atoms with Gasteiger partial charge in [-0.25, -0.2) is 4.79 Å². The van der Waals surface area contributed by atoms with Crippen molar-refractivity contribution >= 4 is 28.6 Å². The monoisotopic (exact) mass is 477 g/mol. The van der Waals surface area contributed by atoms with Crippen molar-refractivity contribution in [2.24, 2.45) is 5.92 Å². The van der Waals surface area contributed by atoms with Crippen molar-refractivity contribution in [3.63, 3.8) is 0 Å². The second kappa shape index (κ2) is 10.3. The van der Waals surface area contributed by atoms with Gasteiger partial charge in [0, 0.05) is 30.2 Å². The number of aryl methyl sites for hydroxylation is 2. The molecule has 1 saturated heterocycles. The lowest BCUT2D eigenvalue weighted by Gasteiger charge is -2.32. The smallest absolute Gasteiger partial charge is 0.410 e. The topological polar surface area (TPSA) is 54.5 Å². The molecule has 2 heterocycles. The van der Waals surface area contributed by atoms with Gasteiger partial charge in [0.2, 0.25) is 0 Å². The third kappa shape index (κ3) is 5.37. The lowest BCUT2D eigenvalue weighted by Crippen LogP contribution is -2.39. The zero-order valence-electron chi connectivity index (χ0n) is 19.8. The Balaban J connectivity index is 1.12. The van der Waals surface area contributed by atoms with E-state index < -0.39 is 6.09 Å². The van der Waals surface area contributed by atoms with Gasteiger partial charge in [-0.15, -0.1) is 0 Å². The molecule has 3 aromatic rings. The van der Waals surface area contributed by atoms with Gasteiger partial charge in [0.05, 0.1) is 10.5 Å². The van der Waals surface area contributed by atoms with Gasteiger partial charge in [0.15, 0.2) is 0 Å². The maximum Gasteiger partial charge on any atom is 0.412 e. The fourth-order valence-corrected chi connectivity index (χ4v) is 5.56. The number of pyridine rings is 1. The van der Waals surface area contributed by atoms with Crippen molar-refractivity contribution in [1.29, 1.82) is 0 Å². The highest BCUT2D eigenvalue weighted by Gasteiger charge is 2.21. The predicted molar refractivity (Wildman–Crippen MR) is 137 cm³/mol. The third-order valence-electron chi connectivity index (χ3n) is 7.11. The number of carbonyl (C=O) groups excluding carboxylic acids is 1. The molecule has 0 atom stereocenters. The van der Waals surface area contributed by atoms with Crippen LogP contribution in [0.2, 0.25) is 5.02 Å². The molecule has 1 N–H and O–H groups in total. The van der Waals surface area contributed by atoms with E-state index in [4.69, 9.17) is 21.3 Å². The van der Waals surface area contributed by atoms with Crippen LogP contribution in [0.3, 0.4) is 0 Å². The quantitative estimate of drug-likeness (QED) is 0.484. The summed E-state index contributed by atoms with van der Waals surface area (Å²) in [5, 5.41) is 4.68. The first-order valence-corrected chi connectivity index (χ1v) is 12.8. The van der Waals surface area contributed by atoms with Gasteiger partial charge < -0.3 is 10.1 Å². The Labute approximate surface area is 206 Å². The van der Waals surface area contributed by atoms with Gasteiger partial charge in [-0.1, -0.05) is 41.4 Å². The van der Waals surface area contributed by atoms with E-state index in [1.54, 1.807) is 6.07 Å². The maximum absolute atomic E-state index is 12.4. The van der Waals surface area contributed by atoms with Gasteiger partial charge >= 0.3 is 6.09 Å². The van der Waals surface area contributed by atoms with E-state index in [0.29, 0.717) is 18.2 Å². The van der Waals surface area contributed by atoms with Crippen molar-refractivity contribution in [3.05, 3.63) is 69.9 Å². The van der Waals surface area contributed by atoms with Crippen molar-refractivity contribution < 1.29 is 9.53 Å². The fraction of sp³-hybridized carbons (Fsp3) is 0.429. The highest BCUT2D eigenvalue weighted by Crippen LogP contribution is 2.34. The first-order valence-electron chi connectivity index (χ1n) is 12.4. The second-order valence-electron chi connectivity index (χ2n) is 9.72. The molecule has 1 aliphatic carbocycles. The summed E-state index contributed by atoms with van der Waals surface area (Å²) in [6.07, 6.45) is 6.00. The number of amides is 1. The van der Waals surface area contributed by atoms with Crippen LogP contribution in [-0.2, 0) is 19.4 Å². The molecule has 1 aromatic heterocycles. The summed E-state index contributed by atoms with van der Waals surface area (Å²) in [5.74, 6) is 0.974. The summed E-state index contributed by atoms with van der Waals surface area (Å²) < 4.78 is 5.57. The van der Waals surface area contributed by atoms with Crippen LogP contribution in [0.5, 0.6) is 5.75 Å². The fourth-order valence-electron chi connectivity index (χ4n) is 5.20. The molecule has 0 unspecified atom stereocenters. The van der Waals surface area contributed by atoms with Crippen molar-refractivity contribution in [2.75, 3.05) is 19.6 Å². The summed E-state index contributed by atoms with van der Waals surface area (Å²) in [6.45, 7) is 5.87. The summed E-state index contributed by atoms with van der Waals surface area (Å²) in [4.78, 5) is 19.7. The lowest BCUT2D eigenvalue weighted by molar-refractivity contribution is 0.168. The molecule has 0 radical (unpaired) electrons. The van der Waals surface area contributed by atoms with Crippen LogP contribution in [0.1, 0.15) is 48.1 Å². The molecular formula is C28H32ClN3O2. The molecule has 34 heavy (non-hydrogen) atoms. The number of rotatable bonds is 5. The van der Waals surface area contributed by atoms with Crippen LogP contribution in [0, 0.1) is 12.8 Å². The number of carbonyl (C=O) groups is 1. The first kappa shape index (κ1) is 23.1. The van der Waals surface area contributed by atoms with Crippen molar-refractivity contribution in [2.45, 2.75) is 52.0 Å². The molecular weight excluding hydrogens is 446 g/mol. The average molecular weight is 478 g/mol. The van der Waals surface area contributed by atoms with Gasteiger partial charge in [0.1, 0.15) is 5.75 Å². The number of piperidine rings is 1. The largest absolute Gasteiger partial charge is 0.412 e. The Morgan fingerprint density at radius 3 is 2.79 bits per heavy atom. The normalized spacial score (nSPS) is 16.9. The van der Waals surface area contributed by atoms with E-state index in [-0.39, 0.29) is 0 Å². The summed E-state index contributed by atoms with van der Waals surface area (Å²) in [7, 11) is 0. The third-order valence-corrected chi connectivity index (χ3v) is 7.54. The maximum atomic E-state index is 12.4. The number of benzene rings is 2. The zero-order valence-corrected chi connectivity index (χ0v) is 20.5. The van der Waals surface area contributed by atoms with Crippen LogP contribution >= 0.6 is 11.6 Å². The van der Waals surface area contributed by atoms with Crippen molar-refractivity contribution in [1.82, 2.24) is 15.2 Å². The highest BCUT2D eigenvalue weighted by molar-refractivity contribution is 6.36. The number of aromatic nitrogens is 1. The Morgan fingerprint density at radius 2 is 1.97 bits per heavy atom. The predicted octanol–water partition coefficient (Wildman–Crippen LogP) is 6.08. The second-order valence-corrected chi connectivity index (χ2v) is 10.1. The number of ether oxygens (including phenoxy) is 1. The first-order chi connectivity index (χ1) is 16.5. The average Bonchev–Trinajstić information content (AvgIpc) is 2.84.